The molecule has 0 bridgehead atoms. The van der Waals surface area contributed by atoms with E-state index in [1.165, 1.54) is 0 Å². The highest BCUT2D eigenvalue weighted by Gasteiger charge is 2.31. The first-order valence-electron chi connectivity index (χ1n) is 5.67. The lowest BCUT2D eigenvalue weighted by Gasteiger charge is -2.31. The maximum Gasteiger partial charge on any atom is 0.323 e. The molecule has 5 heteroatoms. The summed E-state index contributed by atoms with van der Waals surface area (Å²) in [6, 6.07) is 7.54. The van der Waals surface area contributed by atoms with Crippen molar-refractivity contribution in [2.75, 3.05) is 20.2 Å². The minimum absolute atomic E-state index is 0.453. The van der Waals surface area contributed by atoms with E-state index in [4.69, 9.17) is 9.84 Å². The summed E-state index contributed by atoms with van der Waals surface area (Å²) in [5.74, 6) is -0.0617. The molecule has 0 aliphatic rings. The van der Waals surface area contributed by atoms with Gasteiger partial charge in [-0.05, 0) is 45.2 Å². The second kappa shape index (κ2) is 6.20. The molecule has 1 N–H and O–H groups in total. The van der Waals surface area contributed by atoms with E-state index in [1.54, 1.807) is 25.8 Å². The number of benzene rings is 1. The third kappa shape index (κ3) is 3.99. The molecule has 0 unspecified atom stereocenters. The summed E-state index contributed by atoms with van der Waals surface area (Å²) in [6.07, 6.45) is 0. The van der Waals surface area contributed by atoms with E-state index in [0.29, 0.717) is 13.2 Å². The summed E-state index contributed by atoms with van der Waals surface area (Å²) in [6.45, 7) is 4.36. The molecule has 0 aromatic heterocycles. The quantitative estimate of drug-likeness (QED) is 0.876. The molecule has 0 radical (unpaired) electrons. The molecule has 4 nitrogen and oxygen atoms in total. The molecule has 100 valence electrons. The van der Waals surface area contributed by atoms with Crippen LogP contribution in [0.25, 0.3) is 0 Å². The Bertz CT molecular complexity index is 403. The van der Waals surface area contributed by atoms with Gasteiger partial charge in [-0.3, -0.25) is 9.69 Å². The van der Waals surface area contributed by atoms with Gasteiger partial charge < -0.3 is 9.84 Å². The molecule has 0 spiro atoms. The van der Waals surface area contributed by atoms with Crippen molar-refractivity contribution in [2.24, 2.45) is 0 Å². The number of halogens is 1. The molecular weight excluding hydrogens is 298 g/mol. The normalized spacial score (nSPS) is 11.6. The van der Waals surface area contributed by atoms with Crippen molar-refractivity contribution in [1.82, 2.24) is 4.90 Å². The van der Waals surface area contributed by atoms with Crippen LogP contribution >= 0.6 is 15.9 Å². The number of rotatable bonds is 6. The Kier molecular flexibility index (Phi) is 5.16. The molecule has 0 fully saturated rings. The first-order valence-corrected chi connectivity index (χ1v) is 6.46. The van der Waals surface area contributed by atoms with Gasteiger partial charge in [0.05, 0.1) is 0 Å². The predicted octanol–water partition coefficient (Wildman–Crippen LogP) is 2.62. The molecule has 0 aliphatic heterocycles. The zero-order chi connectivity index (χ0) is 13.8. The Balaban J connectivity index is 2.42. The number of hydrogen-bond donors (Lipinski definition) is 1. The van der Waals surface area contributed by atoms with Crippen LogP contribution < -0.4 is 4.74 Å². The van der Waals surface area contributed by atoms with Crippen LogP contribution in [-0.4, -0.2) is 41.7 Å². The van der Waals surface area contributed by atoms with Gasteiger partial charge in [-0.1, -0.05) is 15.9 Å². The van der Waals surface area contributed by atoms with Crippen molar-refractivity contribution >= 4 is 21.9 Å². The third-order valence-electron chi connectivity index (χ3n) is 2.99. The highest BCUT2D eigenvalue weighted by Crippen LogP contribution is 2.16. The molecule has 0 heterocycles. The molecule has 1 aromatic rings. The summed E-state index contributed by atoms with van der Waals surface area (Å²) in [5, 5.41) is 9.07. The summed E-state index contributed by atoms with van der Waals surface area (Å²) in [7, 11) is 1.78. The number of nitrogens with zero attached hydrogens (tertiary/aromatic N) is 1. The summed E-state index contributed by atoms with van der Waals surface area (Å²) < 4.78 is 6.55. The lowest BCUT2D eigenvalue weighted by Crippen LogP contribution is -2.49. The van der Waals surface area contributed by atoms with Crippen molar-refractivity contribution in [2.45, 2.75) is 19.4 Å². The number of hydrogen-bond acceptors (Lipinski definition) is 3. The number of likely N-dealkylation sites (N-methyl/N-ethyl adjacent to an activating group) is 1. The zero-order valence-corrected chi connectivity index (χ0v) is 12.4. The number of carboxylic acid groups (broad SMARTS) is 1. The van der Waals surface area contributed by atoms with Crippen molar-refractivity contribution < 1.29 is 14.6 Å². The minimum atomic E-state index is -0.886. The maximum absolute atomic E-state index is 11.0. The molecular formula is C13H18BrNO3. The second-order valence-corrected chi connectivity index (χ2v) is 5.50. The van der Waals surface area contributed by atoms with Gasteiger partial charge in [0.2, 0.25) is 0 Å². The molecule has 18 heavy (non-hydrogen) atoms. The van der Waals surface area contributed by atoms with Crippen LogP contribution in [0.15, 0.2) is 28.7 Å². The summed E-state index contributed by atoms with van der Waals surface area (Å²) >= 11 is 3.35. The van der Waals surface area contributed by atoms with E-state index in [0.717, 1.165) is 10.2 Å². The van der Waals surface area contributed by atoms with Gasteiger partial charge in [-0.15, -0.1) is 0 Å². The summed E-state index contributed by atoms with van der Waals surface area (Å²) in [4.78, 5) is 12.8. The van der Waals surface area contributed by atoms with Crippen LogP contribution in [0.3, 0.4) is 0 Å². The fourth-order valence-electron chi connectivity index (χ4n) is 1.27. The Hall–Kier alpha value is -1.07. The smallest absolute Gasteiger partial charge is 0.323 e. The monoisotopic (exact) mass is 315 g/mol. The number of aliphatic carboxylic acids is 1. The van der Waals surface area contributed by atoms with Crippen molar-refractivity contribution in [3.8, 4) is 5.75 Å². The van der Waals surface area contributed by atoms with Crippen LogP contribution in [0.1, 0.15) is 13.8 Å². The summed E-state index contributed by atoms with van der Waals surface area (Å²) in [5.41, 5.74) is -0.886. The first kappa shape index (κ1) is 15.0. The standard InChI is InChI=1S/C13H18BrNO3/c1-13(2,12(16)17)15(3)8-9-18-11-6-4-10(14)5-7-11/h4-7H,8-9H2,1-3H3,(H,16,17). The zero-order valence-electron chi connectivity index (χ0n) is 10.8. The average Bonchev–Trinajstić information content (AvgIpc) is 2.31. The Morgan fingerprint density at radius 1 is 1.39 bits per heavy atom. The first-order chi connectivity index (χ1) is 8.34. The lowest BCUT2D eigenvalue weighted by molar-refractivity contribution is -0.148. The number of carboxylic acids is 1. The topological polar surface area (TPSA) is 49.8 Å². The van der Waals surface area contributed by atoms with Crippen molar-refractivity contribution in [1.29, 1.82) is 0 Å². The highest BCUT2D eigenvalue weighted by molar-refractivity contribution is 9.10. The predicted molar refractivity (Wildman–Crippen MR) is 74.0 cm³/mol. The molecule has 1 rings (SSSR count). The van der Waals surface area contributed by atoms with Crippen LogP contribution in [-0.2, 0) is 4.79 Å². The Morgan fingerprint density at radius 2 is 1.94 bits per heavy atom. The average molecular weight is 316 g/mol. The molecule has 0 atom stereocenters. The molecule has 0 amide bonds. The van der Waals surface area contributed by atoms with Crippen LogP contribution in [0.2, 0.25) is 0 Å². The van der Waals surface area contributed by atoms with E-state index in [2.05, 4.69) is 15.9 Å². The molecule has 0 saturated carbocycles. The fourth-order valence-corrected chi connectivity index (χ4v) is 1.54. The van der Waals surface area contributed by atoms with E-state index in [9.17, 15) is 4.79 Å². The number of ether oxygens (including phenoxy) is 1. The van der Waals surface area contributed by atoms with Crippen LogP contribution in [0.5, 0.6) is 5.75 Å². The van der Waals surface area contributed by atoms with E-state index in [1.807, 2.05) is 24.3 Å². The van der Waals surface area contributed by atoms with Crippen LogP contribution in [0, 0.1) is 0 Å². The van der Waals surface area contributed by atoms with Gasteiger partial charge in [0.1, 0.15) is 17.9 Å². The van der Waals surface area contributed by atoms with Gasteiger partial charge in [0.15, 0.2) is 0 Å². The van der Waals surface area contributed by atoms with Crippen molar-refractivity contribution in [3.63, 3.8) is 0 Å². The third-order valence-corrected chi connectivity index (χ3v) is 3.52. The van der Waals surface area contributed by atoms with E-state index < -0.39 is 11.5 Å². The van der Waals surface area contributed by atoms with E-state index in [-0.39, 0.29) is 0 Å². The molecule has 1 aromatic carbocycles. The second-order valence-electron chi connectivity index (χ2n) is 4.59. The highest BCUT2D eigenvalue weighted by atomic mass is 79.9. The van der Waals surface area contributed by atoms with Gasteiger partial charge in [-0.2, -0.15) is 0 Å². The van der Waals surface area contributed by atoms with Gasteiger partial charge in [-0.25, -0.2) is 0 Å². The Morgan fingerprint density at radius 3 is 2.44 bits per heavy atom. The van der Waals surface area contributed by atoms with Gasteiger partial charge in [0.25, 0.3) is 0 Å². The largest absolute Gasteiger partial charge is 0.492 e. The SMILES string of the molecule is CN(CCOc1ccc(Br)cc1)C(C)(C)C(=O)O. The van der Waals surface area contributed by atoms with Crippen LogP contribution in [0.4, 0.5) is 0 Å². The minimum Gasteiger partial charge on any atom is -0.492 e. The maximum atomic E-state index is 11.0. The van der Waals surface area contributed by atoms with E-state index >= 15 is 0 Å². The van der Waals surface area contributed by atoms with Crippen molar-refractivity contribution in [3.05, 3.63) is 28.7 Å². The molecule has 0 saturated heterocycles. The number of carbonyl (C=O) groups is 1. The van der Waals surface area contributed by atoms with Gasteiger partial charge in [0, 0.05) is 11.0 Å². The lowest BCUT2D eigenvalue weighted by atomic mass is 10.0. The Labute approximate surface area is 116 Å². The molecule has 0 aliphatic carbocycles. The fraction of sp³-hybridized carbons (Fsp3) is 0.462. The van der Waals surface area contributed by atoms with Gasteiger partial charge >= 0.3 is 5.97 Å².